The first-order valence-corrected chi connectivity index (χ1v) is 9.02. The van der Waals surface area contributed by atoms with Gasteiger partial charge in [0.1, 0.15) is 0 Å². The lowest BCUT2D eigenvalue weighted by atomic mass is 10.1. The Morgan fingerprint density at radius 1 is 0.870 bits per heavy atom. The summed E-state index contributed by atoms with van der Waals surface area (Å²) in [6.45, 7) is 4.38. The van der Waals surface area contributed by atoms with Gasteiger partial charge < -0.3 is 5.11 Å². The fraction of sp³-hybridized carbons (Fsp3) is 0.571. The third kappa shape index (κ3) is 18.4. The Bertz CT molecular complexity index is 389. The van der Waals surface area contributed by atoms with Gasteiger partial charge in [0.25, 0.3) is 0 Å². The molecule has 2 nitrogen and oxygen atoms in total. The van der Waals surface area contributed by atoms with Crippen molar-refractivity contribution in [1.82, 2.24) is 0 Å². The number of hydrogen-bond acceptors (Lipinski definition) is 1. The van der Waals surface area contributed by atoms with Crippen molar-refractivity contribution < 1.29 is 9.90 Å². The number of unbranched alkanes of at least 4 members (excludes halogenated alkanes) is 4. The Hall–Kier alpha value is -1.57. The van der Waals surface area contributed by atoms with Crippen molar-refractivity contribution in [3.8, 4) is 0 Å². The molecule has 130 valence electrons. The van der Waals surface area contributed by atoms with Crippen LogP contribution in [0.1, 0.15) is 71.6 Å². The first kappa shape index (κ1) is 21.4. The number of hydrogen-bond donors (Lipinski definition) is 1. The summed E-state index contributed by atoms with van der Waals surface area (Å²) in [5.74, 6) is -0.305. The summed E-state index contributed by atoms with van der Waals surface area (Å²) in [6.07, 6.45) is 26.5. The van der Waals surface area contributed by atoms with Crippen molar-refractivity contribution in [2.75, 3.05) is 0 Å². The quantitative estimate of drug-likeness (QED) is 0.294. The van der Waals surface area contributed by atoms with Crippen LogP contribution in [0.3, 0.4) is 0 Å². The second-order valence-corrected chi connectivity index (χ2v) is 5.91. The normalized spacial score (nSPS) is 13.8. The molecule has 0 bridgehead atoms. The van der Waals surface area contributed by atoms with E-state index in [-0.39, 0.29) is 6.42 Å². The van der Waals surface area contributed by atoms with Crippen molar-refractivity contribution in [3.05, 3.63) is 48.6 Å². The van der Waals surface area contributed by atoms with E-state index in [1.165, 1.54) is 25.7 Å². The zero-order valence-corrected chi connectivity index (χ0v) is 14.9. The highest BCUT2D eigenvalue weighted by Gasteiger charge is 1.94. The summed E-state index contributed by atoms with van der Waals surface area (Å²) in [4.78, 5) is 10.4. The molecule has 23 heavy (non-hydrogen) atoms. The summed E-state index contributed by atoms with van der Waals surface area (Å²) in [5.41, 5.74) is 0. The molecule has 0 rings (SSSR count). The zero-order chi connectivity index (χ0) is 17.2. The van der Waals surface area contributed by atoms with Crippen LogP contribution < -0.4 is 0 Å². The Kier molecular flexibility index (Phi) is 15.6. The minimum atomic E-state index is -0.714. The predicted octanol–water partition coefficient (Wildman–Crippen LogP) is 6.46. The summed E-state index contributed by atoms with van der Waals surface area (Å²) < 4.78 is 0. The number of allylic oxidation sites excluding steroid dienone is 8. The fourth-order valence-electron chi connectivity index (χ4n) is 2.12. The minimum Gasteiger partial charge on any atom is -0.481 e. The summed E-state index contributed by atoms with van der Waals surface area (Å²) in [5, 5.41) is 8.55. The van der Waals surface area contributed by atoms with E-state index in [1.807, 2.05) is 0 Å². The van der Waals surface area contributed by atoms with Crippen LogP contribution in [0.5, 0.6) is 0 Å². The second kappa shape index (κ2) is 16.8. The van der Waals surface area contributed by atoms with Gasteiger partial charge >= 0.3 is 5.97 Å². The zero-order valence-electron chi connectivity index (χ0n) is 14.9. The molecular weight excluding hydrogens is 284 g/mol. The molecule has 1 atom stereocenters. The molecule has 0 heterocycles. The SMILES string of the molecule is CCCCCC=CCC=CCC=CC(C)C=CCCCC(=O)O. The van der Waals surface area contributed by atoms with Gasteiger partial charge in [0.05, 0.1) is 0 Å². The summed E-state index contributed by atoms with van der Waals surface area (Å²) >= 11 is 0. The molecule has 0 amide bonds. The molecule has 0 aliphatic rings. The van der Waals surface area contributed by atoms with Gasteiger partial charge in [-0.15, -0.1) is 0 Å². The van der Waals surface area contributed by atoms with E-state index in [0.717, 1.165) is 25.7 Å². The molecule has 0 spiro atoms. The molecule has 1 N–H and O–H groups in total. The Labute approximate surface area is 142 Å². The minimum absolute atomic E-state index is 0.256. The van der Waals surface area contributed by atoms with Gasteiger partial charge in [0.2, 0.25) is 0 Å². The van der Waals surface area contributed by atoms with Gasteiger partial charge in [0.15, 0.2) is 0 Å². The smallest absolute Gasteiger partial charge is 0.303 e. The molecule has 0 fully saturated rings. The van der Waals surface area contributed by atoms with Gasteiger partial charge in [-0.05, 0) is 44.4 Å². The van der Waals surface area contributed by atoms with Gasteiger partial charge in [-0.2, -0.15) is 0 Å². The first-order chi connectivity index (χ1) is 11.2. The van der Waals surface area contributed by atoms with E-state index >= 15 is 0 Å². The van der Waals surface area contributed by atoms with Crippen LogP contribution in [0, 0.1) is 5.92 Å². The maximum absolute atomic E-state index is 10.4. The van der Waals surface area contributed by atoms with Crippen molar-refractivity contribution in [3.63, 3.8) is 0 Å². The molecule has 0 aromatic carbocycles. The third-order valence-electron chi connectivity index (χ3n) is 3.49. The van der Waals surface area contributed by atoms with E-state index in [9.17, 15) is 4.79 Å². The number of rotatable bonds is 14. The Balaban J connectivity index is 3.61. The standard InChI is InChI=1S/C21H34O2/c1-3-4-5-6-7-8-9-10-11-12-14-17-20(2)18-15-13-16-19-21(22)23/h7-8,10-11,14-15,17-18,20H,3-6,9,12-13,16,19H2,1-2H3,(H,22,23). The number of carboxylic acids is 1. The highest BCUT2D eigenvalue weighted by atomic mass is 16.4. The van der Waals surface area contributed by atoms with E-state index < -0.39 is 5.97 Å². The molecule has 0 saturated carbocycles. The van der Waals surface area contributed by atoms with E-state index in [0.29, 0.717) is 5.92 Å². The highest BCUT2D eigenvalue weighted by Crippen LogP contribution is 2.04. The largest absolute Gasteiger partial charge is 0.481 e. The molecule has 0 aliphatic heterocycles. The van der Waals surface area contributed by atoms with Crippen molar-refractivity contribution in [2.45, 2.75) is 71.6 Å². The van der Waals surface area contributed by atoms with Crippen LogP contribution in [-0.2, 0) is 4.79 Å². The average Bonchev–Trinajstić information content (AvgIpc) is 2.52. The third-order valence-corrected chi connectivity index (χ3v) is 3.49. The monoisotopic (exact) mass is 318 g/mol. The lowest BCUT2D eigenvalue weighted by Crippen LogP contribution is -1.92. The van der Waals surface area contributed by atoms with Crippen LogP contribution in [0.15, 0.2) is 48.6 Å². The lowest BCUT2D eigenvalue weighted by molar-refractivity contribution is -0.137. The van der Waals surface area contributed by atoms with Crippen molar-refractivity contribution >= 4 is 5.97 Å². The molecule has 0 saturated heterocycles. The second-order valence-electron chi connectivity index (χ2n) is 5.91. The topological polar surface area (TPSA) is 37.3 Å². The van der Waals surface area contributed by atoms with Crippen molar-refractivity contribution in [2.24, 2.45) is 5.92 Å². The molecule has 0 aromatic heterocycles. The summed E-state index contributed by atoms with van der Waals surface area (Å²) in [7, 11) is 0. The Morgan fingerprint density at radius 2 is 1.48 bits per heavy atom. The fourth-order valence-corrected chi connectivity index (χ4v) is 2.12. The van der Waals surface area contributed by atoms with E-state index in [2.05, 4.69) is 62.5 Å². The molecule has 0 aromatic rings. The molecular formula is C21H34O2. The lowest BCUT2D eigenvalue weighted by Gasteiger charge is -1.97. The van der Waals surface area contributed by atoms with Crippen molar-refractivity contribution in [1.29, 1.82) is 0 Å². The van der Waals surface area contributed by atoms with Gasteiger partial charge in [-0.25, -0.2) is 0 Å². The Morgan fingerprint density at radius 3 is 2.17 bits per heavy atom. The van der Waals surface area contributed by atoms with Gasteiger partial charge in [0, 0.05) is 6.42 Å². The van der Waals surface area contributed by atoms with Crippen LogP contribution in [0.2, 0.25) is 0 Å². The maximum Gasteiger partial charge on any atom is 0.303 e. The van der Waals surface area contributed by atoms with E-state index in [1.54, 1.807) is 0 Å². The first-order valence-electron chi connectivity index (χ1n) is 9.02. The molecule has 0 aliphatic carbocycles. The van der Waals surface area contributed by atoms with Crippen LogP contribution in [0.4, 0.5) is 0 Å². The molecule has 1 unspecified atom stereocenters. The summed E-state index contributed by atoms with van der Waals surface area (Å²) in [6, 6.07) is 0. The maximum atomic E-state index is 10.4. The molecule has 2 heteroatoms. The number of aliphatic carboxylic acids is 1. The number of carboxylic acid groups (broad SMARTS) is 1. The highest BCUT2D eigenvalue weighted by molar-refractivity contribution is 5.66. The predicted molar refractivity (Wildman–Crippen MR) is 101 cm³/mol. The van der Waals surface area contributed by atoms with Gasteiger partial charge in [-0.3, -0.25) is 4.79 Å². The average molecular weight is 319 g/mol. The van der Waals surface area contributed by atoms with E-state index in [4.69, 9.17) is 5.11 Å². The van der Waals surface area contributed by atoms with Crippen LogP contribution >= 0.6 is 0 Å². The van der Waals surface area contributed by atoms with Crippen LogP contribution in [0.25, 0.3) is 0 Å². The number of carbonyl (C=O) groups is 1. The molecule has 0 radical (unpaired) electrons. The van der Waals surface area contributed by atoms with Gasteiger partial charge in [-0.1, -0.05) is 75.3 Å². The van der Waals surface area contributed by atoms with Crippen LogP contribution in [-0.4, -0.2) is 11.1 Å².